The zero-order chi connectivity index (χ0) is 15.9. The van der Waals surface area contributed by atoms with E-state index in [4.69, 9.17) is 5.73 Å². The van der Waals surface area contributed by atoms with Gasteiger partial charge in [0.05, 0.1) is 5.54 Å². The van der Waals surface area contributed by atoms with E-state index in [2.05, 4.69) is 43.4 Å². The molecule has 0 saturated heterocycles. The number of hydrogen-bond donors (Lipinski definition) is 2. The summed E-state index contributed by atoms with van der Waals surface area (Å²) in [4.78, 5) is 12.8. The van der Waals surface area contributed by atoms with Gasteiger partial charge in [0.2, 0.25) is 5.91 Å². The Morgan fingerprint density at radius 3 is 2.43 bits per heavy atom. The summed E-state index contributed by atoms with van der Waals surface area (Å²) in [5.74, 6) is 1.30. The van der Waals surface area contributed by atoms with Crippen molar-refractivity contribution in [3.8, 4) is 0 Å². The first kappa shape index (κ1) is 18.1. The fraction of sp³-hybridized carbons (Fsp3) is 0.588. The van der Waals surface area contributed by atoms with Crippen molar-refractivity contribution in [1.29, 1.82) is 0 Å². The van der Waals surface area contributed by atoms with Crippen LogP contribution in [0.25, 0.3) is 0 Å². The van der Waals surface area contributed by atoms with Crippen molar-refractivity contribution in [1.82, 2.24) is 5.32 Å². The topological polar surface area (TPSA) is 55.1 Å². The molecule has 21 heavy (non-hydrogen) atoms. The van der Waals surface area contributed by atoms with Crippen molar-refractivity contribution in [3.63, 3.8) is 0 Å². The molecule has 0 spiro atoms. The first-order chi connectivity index (χ1) is 9.89. The second-order valence-corrected chi connectivity index (χ2v) is 7.07. The van der Waals surface area contributed by atoms with E-state index < -0.39 is 5.54 Å². The van der Waals surface area contributed by atoms with Crippen molar-refractivity contribution in [3.05, 3.63) is 29.8 Å². The Hall–Kier alpha value is -1.00. The molecule has 3 nitrogen and oxygen atoms in total. The summed E-state index contributed by atoms with van der Waals surface area (Å²) in [6, 6.07) is 8.74. The molecule has 0 aliphatic rings. The minimum absolute atomic E-state index is 0.268. The second kappa shape index (κ2) is 8.44. The predicted octanol–water partition coefficient (Wildman–Crippen LogP) is 3.54. The van der Waals surface area contributed by atoms with Gasteiger partial charge in [0.25, 0.3) is 0 Å². The summed E-state index contributed by atoms with van der Waals surface area (Å²) in [6.45, 7) is 9.04. The van der Waals surface area contributed by atoms with Crippen LogP contribution in [-0.2, 0) is 4.79 Å². The molecule has 0 heterocycles. The zero-order valence-corrected chi connectivity index (χ0v) is 14.4. The molecule has 1 atom stereocenters. The number of nitrogens with one attached hydrogen (secondary N) is 1. The third-order valence-corrected chi connectivity index (χ3v) is 4.85. The van der Waals surface area contributed by atoms with Gasteiger partial charge in [-0.15, -0.1) is 11.8 Å². The van der Waals surface area contributed by atoms with Gasteiger partial charge in [-0.25, -0.2) is 0 Å². The Morgan fingerprint density at radius 1 is 1.33 bits per heavy atom. The molecule has 3 N–H and O–H groups in total. The molecule has 1 unspecified atom stereocenters. The highest BCUT2D eigenvalue weighted by molar-refractivity contribution is 7.99. The number of nitrogens with two attached hydrogens (primary N) is 1. The first-order valence-electron chi connectivity index (χ1n) is 7.66. The molecule has 0 aliphatic carbocycles. The highest BCUT2D eigenvalue weighted by Gasteiger charge is 2.28. The lowest BCUT2D eigenvalue weighted by Gasteiger charge is -2.26. The van der Waals surface area contributed by atoms with Crippen LogP contribution in [0, 0.1) is 0 Å². The van der Waals surface area contributed by atoms with E-state index in [0.717, 1.165) is 25.1 Å². The molecule has 0 aliphatic heterocycles. The van der Waals surface area contributed by atoms with Gasteiger partial charge in [-0.2, -0.15) is 0 Å². The standard InChI is InChI=1S/C17H28N2OS/c1-5-19-17(4,16(18)20)11-6-12-21-15-9-7-14(8-10-15)13(2)3/h7-10,13,19H,5-6,11-12H2,1-4H3,(H2,18,20). The molecular weight excluding hydrogens is 280 g/mol. The summed E-state index contributed by atoms with van der Waals surface area (Å²) < 4.78 is 0. The van der Waals surface area contributed by atoms with Crippen LogP contribution in [0.2, 0.25) is 0 Å². The highest BCUT2D eigenvalue weighted by atomic mass is 32.2. The normalized spacial score (nSPS) is 14.1. The molecule has 4 heteroatoms. The predicted molar refractivity (Wildman–Crippen MR) is 91.8 cm³/mol. The number of primary amides is 1. The first-order valence-corrected chi connectivity index (χ1v) is 8.65. The quantitative estimate of drug-likeness (QED) is 0.542. The van der Waals surface area contributed by atoms with Crippen LogP contribution < -0.4 is 11.1 Å². The van der Waals surface area contributed by atoms with E-state index in [9.17, 15) is 4.79 Å². The van der Waals surface area contributed by atoms with Crippen molar-refractivity contribution in [2.45, 2.75) is 56.9 Å². The molecule has 0 aromatic heterocycles. The summed E-state index contributed by atoms with van der Waals surface area (Å²) in [7, 11) is 0. The summed E-state index contributed by atoms with van der Waals surface area (Å²) >= 11 is 1.83. The molecule has 118 valence electrons. The van der Waals surface area contributed by atoms with Crippen LogP contribution in [0.4, 0.5) is 0 Å². The minimum Gasteiger partial charge on any atom is -0.368 e. The maximum Gasteiger partial charge on any atom is 0.237 e. The molecule has 1 rings (SSSR count). The third-order valence-electron chi connectivity index (χ3n) is 3.75. The fourth-order valence-electron chi connectivity index (χ4n) is 2.25. The number of hydrogen-bond acceptors (Lipinski definition) is 3. The van der Waals surface area contributed by atoms with Crippen LogP contribution in [0.1, 0.15) is 52.0 Å². The van der Waals surface area contributed by atoms with Gasteiger partial charge in [-0.05, 0) is 55.7 Å². The lowest BCUT2D eigenvalue weighted by atomic mass is 9.95. The average Bonchev–Trinajstić information content (AvgIpc) is 2.44. The van der Waals surface area contributed by atoms with Gasteiger partial charge in [-0.1, -0.05) is 32.9 Å². The number of carbonyl (C=O) groups excluding carboxylic acids is 1. The molecule has 1 aromatic rings. The van der Waals surface area contributed by atoms with Crippen LogP contribution in [-0.4, -0.2) is 23.7 Å². The van der Waals surface area contributed by atoms with Crippen molar-refractivity contribution >= 4 is 17.7 Å². The smallest absolute Gasteiger partial charge is 0.237 e. The van der Waals surface area contributed by atoms with E-state index in [1.165, 1.54) is 10.5 Å². The van der Waals surface area contributed by atoms with Crippen LogP contribution in [0.15, 0.2) is 29.2 Å². The largest absolute Gasteiger partial charge is 0.368 e. The maximum atomic E-state index is 11.5. The number of rotatable bonds is 9. The summed E-state index contributed by atoms with van der Waals surface area (Å²) in [5.41, 5.74) is 6.27. The SMILES string of the molecule is CCNC(C)(CCCSc1ccc(C(C)C)cc1)C(N)=O. The number of amides is 1. The number of thioether (sulfide) groups is 1. The number of likely N-dealkylation sites (N-methyl/N-ethyl adjacent to an activating group) is 1. The van der Waals surface area contributed by atoms with Crippen molar-refractivity contribution in [2.75, 3.05) is 12.3 Å². The molecule has 0 saturated carbocycles. The molecule has 0 bridgehead atoms. The van der Waals surface area contributed by atoms with Crippen LogP contribution >= 0.6 is 11.8 Å². The van der Waals surface area contributed by atoms with Crippen LogP contribution in [0.3, 0.4) is 0 Å². The Balaban J connectivity index is 2.41. The Kier molecular flexibility index (Phi) is 7.26. The van der Waals surface area contributed by atoms with E-state index >= 15 is 0 Å². The van der Waals surface area contributed by atoms with E-state index in [-0.39, 0.29) is 5.91 Å². The van der Waals surface area contributed by atoms with Gasteiger partial charge in [-0.3, -0.25) is 4.79 Å². The Bertz CT molecular complexity index is 445. The summed E-state index contributed by atoms with van der Waals surface area (Å²) in [5, 5.41) is 3.19. The third kappa shape index (κ3) is 5.71. The number of benzene rings is 1. The molecular formula is C17H28N2OS. The summed E-state index contributed by atoms with van der Waals surface area (Å²) in [6.07, 6.45) is 1.73. The molecule has 0 fully saturated rings. The zero-order valence-electron chi connectivity index (χ0n) is 13.6. The van der Waals surface area contributed by atoms with E-state index in [1.54, 1.807) is 0 Å². The van der Waals surface area contributed by atoms with Gasteiger partial charge >= 0.3 is 0 Å². The van der Waals surface area contributed by atoms with Gasteiger partial charge < -0.3 is 11.1 Å². The maximum absolute atomic E-state index is 11.5. The van der Waals surface area contributed by atoms with E-state index in [0.29, 0.717) is 5.92 Å². The Labute approximate surface area is 133 Å². The monoisotopic (exact) mass is 308 g/mol. The van der Waals surface area contributed by atoms with Crippen molar-refractivity contribution < 1.29 is 4.79 Å². The second-order valence-electron chi connectivity index (χ2n) is 5.90. The lowest BCUT2D eigenvalue weighted by molar-refractivity contribution is -0.124. The van der Waals surface area contributed by atoms with Gasteiger partial charge in [0.15, 0.2) is 0 Å². The number of carbonyl (C=O) groups is 1. The average molecular weight is 308 g/mol. The molecule has 1 amide bonds. The minimum atomic E-state index is -0.586. The van der Waals surface area contributed by atoms with Gasteiger partial charge in [0.1, 0.15) is 0 Å². The van der Waals surface area contributed by atoms with Crippen LogP contribution in [0.5, 0.6) is 0 Å². The molecule has 1 aromatic carbocycles. The van der Waals surface area contributed by atoms with E-state index in [1.807, 2.05) is 25.6 Å². The van der Waals surface area contributed by atoms with Crippen molar-refractivity contribution in [2.24, 2.45) is 5.73 Å². The fourth-order valence-corrected chi connectivity index (χ4v) is 3.11. The van der Waals surface area contributed by atoms with Gasteiger partial charge in [0, 0.05) is 4.90 Å². The Morgan fingerprint density at radius 2 is 1.95 bits per heavy atom. The highest BCUT2D eigenvalue weighted by Crippen LogP contribution is 2.24. The molecule has 0 radical (unpaired) electrons. The lowest BCUT2D eigenvalue weighted by Crippen LogP contribution is -2.53.